The summed E-state index contributed by atoms with van der Waals surface area (Å²) in [6.07, 6.45) is 1.35. The van der Waals surface area contributed by atoms with E-state index in [1.807, 2.05) is 0 Å². The van der Waals surface area contributed by atoms with Crippen LogP contribution in [0.4, 0.5) is 10.1 Å². The van der Waals surface area contributed by atoms with Crippen molar-refractivity contribution in [3.8, 4) is 5.69 Å². The molecule has 0 atom stereocenters. The maximum absolute atomic E-state index is 13.7. The summed E-state index contributed by atoms with van der Waals surface area (Å²) in [7, 11) is 0. The van der Waals surface area contributed by atoms with Gasteiger partial charge in [-0.05, 0) is 37.3 Å². The summed E-state index contributed by atoms with van der Waals surface area (Å²) >= 11 is 6.21. The van der Waals surface area contributed by atoms with Crippen molar-refractivity contribution in [2.24, 2.45) is 0 Å². The van der Waals surface area contributed by atoms with Gasteiger partial charge >= 0.3 is 0 Å². The number of amides is 2. The predicted molar refractivity (Wildman–Crippen MR) is 106 cm³/mol. The highest BCUT2D eigenvalue weighted by molar-refractivity contribution is 6.41. The van der Waals surface area contributed by atoms with Gasteiger partial charge in [0.2, 0.25) is 0 Å². The number of halogens is 2. The highest BCUT2D eigenvalue weighted by atomic mass is 35.5. The molecular formula is C21H12ClFN4O2. The zero-order chi connectivity index (χ0) is 20.3. The molecule has 2 aromatic carbocycles. The lowest BCUT2D eigenvalue weighted by Gasteiger charge is -2.15. The van der Waals surface area contributed by atoms with Crippen LogP contribution >= 0.6 is 11.6 Å². The Morgan fingerprint density at radius 3 is 2.59 bits per heavy atom. The van der Waals surface area contributed by atoms with Crippen LogP contribution in [0, 0.1) is 12.7 Å². The summed E-state index contributed by atoms with van der Waals surface area (Å²) in [5.41, 5.74) is 2.06. The molecule has 2 aromatic heterocycles. The number of fused-ring (bicyclic) bond motifs is 3. The van der Waals surface area contributed by atoms with E-state index in [9.17, 15) is 14.0 Å². The summed E-state index contributed by atoms with van der Waals surface area (Å²) in [4.78, 5) is 31.6. The van der Waals surface area contributed by atoms with Crippen LogP contribution in [0.3, 0.4) is 0 Å². The first-order chi connectivity index (χ1) is 14.0. The van der Waals surface area contributed by atoms with Gasteiger partial charge < -0.3 is 0 Å². The van der Waals surface area contributed by atoms with E-state index in [4.69, 9.17) is 11.6 Å². The average Bonchev–Trinajstić information content (AvgIpc) is 3.17. The molecule has 5 rings (SSSR count). The summed E-state index contributed by atoms with van der Waals surface area (Å²) < 4.78 is 15.2. The number of aryl methyl sites for hydroxylation is 1. The molecule has 0 radical (unpaired) electrons. The van der Waals surface area contributed by atoms with Crippen LogP contribution in [0.5, 0.6) is 0 Å². The smallest absolute Gasteiger partial charge is 0.267 e. The lowest BCUT2D eigenvalue weighted by molar-refractivity contribution is 0.0926. The van der Waals surface area contributed by atoms with Crippen LogP contribution in [0.25, 0.3) is 16.7 Å². The van der Waals surface area contributed by atoms with E-state index >= 15 is 0 Å². The fraction of sp³-hybridized carbons (Fsp3) is 0.0476. The fourth-order valence-electron chi connectivity index (χ4n) is 3.60. The van der Waals surface area contributed by atoms with Crippen molar-refractivity contribution in [2.75, 3.05) is 4.90 Å². The maximum Gasteiger partial charge on any atom is 0.267 e. The molecule has 0 N–H and O–H groups in total. The molecule has 0 fully saturated rings. The molecular weight excluding hydrogens is 395 g/mol. The van der Waals surface area contributed by atoms with Crippen molar-refractivity contribution in [1.29, 1.82) is 0 Å². The highest BCUT2D eigenvalue weighted by Crippen LogP contribution is 2.36. The van der Waals surface area contributed by atoms with Gasteiger partial charge in [0, 0.05) is 6.20 Å². The number of imide groups is 1. The average molecular weight is 407 g/mol. The number of benzene rings is 2. The summed E-state index contributed by atoms with van der Waals surface area (Å²) in [5, 5.41) is 5.18. The number of hydrogen-bond donors (Lipinski definition) is 0. The summed E-state index contributed by atoms with van der Waals surface area (Å²) in [6.45, 7) is 1.72. The van der Waals surface area contributed by atoms with Gasteiger partial charge in [-0.1, -0.05) is 29.8 Å². The molecule has 1 aliphatic rings. The second-order valence-corrected chi connectivity index (χ2v) is 7.03. The third-order valence-corrected chi connectivity index (χ3v) is 5.19. The topological polar surface area (TPSA) is 68.1 Å². The van der Waals surface area contributed by atoms with E-state index in [-0.39, 0.29) is 11.1 Å². The molecule has 4 aromatic rings. The van der Waals surface area contributed by atoms with Crippen molar-refractivity contribution < 1.29 is 14.0 Å². The molecule has 8 heteroatoms. The number of carbonyl (C=O) groups is 2. The number of pyridine rings is 1. The van der Waals surface area contributed by atoms with Gasteiger partial charge in [-0.25, -0.2) is 19.0 Å². The van der Waals surface area contributed by atoms with Gasteiger partial charge in [-0.15, -0.1) is 0 Å². The molecule has 0 aliphatic carbocycles. The Morgan fingerprint density at radius 1 is 1.03 bits per heavy atom. The Kier molecular flexibility index (Phi) is 3.75. The molecule has 1 aliphatic heterocycles. The van der Waals surface area contributed by atoms with Crippen LogP contribution < -0.4 is 4.90 Å². The molecule has 142 valence electrons. The first-order valence-electron chi connectivity index (χ1n) is 8.75. The largest absolute Gasteiger partial charge is 0.268 e. The molecule has 29 heavy (non-hydrogen) atoms. The molecule has 2 amide bonds. The maximum atomic E-state index is 13.7. The molecule has 0 unspecified atom stereocenters. The fourth-order valence-corrected chi connectivity index (χ4v) is 3.82. The van der Waals surface area contributed by atoms with Crippen LogP contribution in [-0.2, 0) is 0 Å². The third-order valence-electron chi connectivity index (χ3n) is 4.87. The van der Waals surface area contributed by atoms with E-state index in [2.05, 4.69) is 10.1 Å². The SMILES string of the molecule is Cc1nn(-c2cccc(F)c2)c2ncc3c(c12)C(=O)N(c1ccccc1Cl)C3=O. The number of carbonyl (C=O) groups excluding carboxylic acids is 2. The van der Waals surface area contributed by atoms with Gasteiger partial charge in [-0.3, -0.25) is 9.59 Å². The first kappa shape index (κ1) is 17.5. The van der Waals surface area contributed by atoms with Crippen molar-refractivity contribution >= 4 is 40.1 Å². The van der Waals surface area contributed by atoms with Crippen LogP contribution in [-0.4, -0.2) is 26.6 Å². The van der Waals surface area contributed by atoms with E-state index in [1.54, 1.807) is 43.3 Å². The van der Waals surface area contributed by atoms with Crippen LogP contribution in [0.15, 0.2) is 54.7 Å². The monoisotopic (exact) mass is 406 g/mol. The second-order valence-electron chi connectivity index (χ2n) is 6.62. The number of hydrogen-bond acceptors (Lipinski definition) is 4. The lowest BCUT2D eigenvalue weighted by Crippen LogP contribution is -2.29. The third kappa shape index (κ3) is 2.48. The van der Waals surface area contributed by atoms with E-state index in [0.29, 0.717) is 33.1 Å². The number of aromatic nitrogens is 3. The zero-order valence-corrected chi connectivity index (χ0v) is 15.8. The molecule has 0 saturated carbocycles. The first-order valence-corrected chi connectivity index (χ1v) is 9.13. The van der Waals surface area contributed by atoms with E-state index in [0.717, 1.165) is 4.90 Å². The number of para-hydroxylation sites is 1. The number of nitrogens with zero attached hydrogens (tertiary/aromatic N) is 4. The summed E-state index contributed by atoms with van der Waals surface area (Å²) in [5.74, 6) is -1.40. The Balaban J connectivity index is 1.74. The van der Waals surface area contributed by atoms with Crippen molar-refractivity contribution in [3.05, 3.63) is 82.4 Å². The second kappa shape index (κ2) is 6.22. The zero-order valence-electron chi connectivity index (χ0n) is 15.1. The van der Waals surface area contributed by atoms with Gasteiger partial charge in [0.05, 0.1) is 38.6 Å². The molecule has 6 nitrogen and oxygen atoms in total. The normalized spacial score (nSPS) is 13.4. The number of rotatable bonds is 2. The van der Waals surface area contributed by atoms with Gasteiger partial charge in [0.1, 0.15) is 5.82 Å². The van der Waals surface area contributed by atoms with E-state index < -0.39 is 17.6 Å². The summed E-state index contributed by atoms with van der Waals surface area (Å²) in [6, 6.07) is 12.5. The number of anilines is 1. The quantitative estimate of drug-likeness (QED) is 0.465. The van der Waals surface area contributed by atoms with Gasteiger partial charge in [0.25, 0.3) is 11.8 Å². The van der Waals surface area contributed by atoms with Crippen molar-refractivity contribution in [3.63, 3.8) is 0 Å². The van der Waals surface area contributed by atoms with Crippen molar-refractivity contribution in [2.45, 2.75) is 6.92 Å². The Labute approximate surface area is 169 Å². The van der Waals surface area contributed by atoms with Crippen LogP contribution in [0.2, 0.25) is 5.02 Å². The molecule has 0 bridgehead atoms. The van der Waals surface area contributed by atoms with Crippen molar-refractivity contribution in [1.82, 2.24) is 14.8 Å². The molecule has 3 heterocycles. The predicted octanol–water partition coefficient (Wildman–Crippen LogP) is 4.32. The minimum absolute atomic E-state index is 0.185. The minimum atomic E-state index is -0.495. The lowest BCUT2D eigenvalue weighted by atomic mass is 10.1. The van der Waals surface area contributed by atoms with Gasteiger partial charge in [0.15, 0.2) is 5.65 Å². The highest BCUT2D eigenvalue weighted by Gasteiger charge is 2.40. The Morgan fingerprint density at radius 2 is 1.83 bits per heavy atom. The standard InChI is InChI=1S/C21H12ClFN4O2/c1-11-17-18-14(20(28)26(21(18)29)16-8-3-2-7-15(16)22)10-24-19(17)27(25-11)13-6-4-5-12(23)9-13/h2-10H,1H3. The van der Waals surface area contributed by atoms with E-state index in [1.165, 1.54) is 23.0 Å². The minimum Gasteiger partial charge on any atom is -0.268 e. The van der Waals surface area contributed by atoms with Gasteiger partial charge in [-0.2, -0.15) is 5.10 Å². The Bertz CT molecular complexity index is 1350. The molecule has 0 spiro atoms. The Hall–Kier alpha value is -3.58. The molecule has 0 saturated heterocycles. The van der Waals surface area contributed by atoms with Crippen LogP contribution in [0.1, 0.15) is 26.4 Å².